The highest BCUT2D eigenvalue weighted by Gasteiger charge is 2.18. The maximum Gasteiger partial charge on any atom is 0.170 e. The van der Waals surface area contributed by atoms with E-state index in [9.17, 15) is 4.79 Å². The largest absolute Gasteiger partial charge is 0.493 e. The summed E-state index contributed by atoms with van der Waals surface area (Å²) in [6, 6.07) is 5.85. The molecular formula is C15H19N3O3S. The van der Waals surface area contributed by atoms with Crippen LogP contribution < -0.4 is 14.8 Å². The van der Waals surface area contributed by atoms with Crippen LogP contribution in [0.25, 0.3) is 0 Å². The lowest BCUT2D eigenvalue weighted by Crippen LogP contribution is -2.39. The highest BCUT2D eigenvalue weighted by molar-refractivity contribution is 8.29. The summed E-state index contributed by atoms with van der Waals surface area (Å²) < 4.78 is 10.5. The number of hydrogen-bond acceptors (Lipinski definition) is 6. The van der Waals surface area contributed by atoms with Crippen molar-refractivity contribution in [3.05, 3.63) is 23.8 Å². The van der Waals surface area contributed by atoms with Gasteiger partial charge in [0, 0.05) is 6.54 Å². The number of aliphatic imine (C=N–C) groups is 2. The minimum absolute atomic E-state index is 0.0498. The summed E-state index contributed by atoms with van der Waals surface area (Å²) in [4.78, 5) is 19.3. The molecule has 1 aromatic rings. The fraction of sp³-hybridized carbons (Fsp3) is 0.400. The van der Waals surface area contributed by atoms with Crippen LogP contribution in [0.4, 0.5) is 0 Å². The molecule has 0 saturated carbocycles. The first-order valence-corrected chi connectivity index (χ1v) is 7.68. The van der Waals surface area contributed by atoms with E-state index in [0.717, 1.165) is 33.8 Å². The summed E-state index contributed by atoms with van der Waals surface area (Å²) in [6.45, 7) is 2.41. The number of carbonyl (C=O) groups is 1. The molecule has 1 aliphatic rings. The predicted octanol–water partition coefficient (Wildman–Crippen LogP) is 1.88. The van der Waals surface area contributed by atoms with Crippen LogP contribution in [-0.2, 0) is 11.2 Å². The Labute approximate surface area is 134 Å². The summed E-state index contributed by atoms with van der Waals surface area (Å²) in [5.74, 6) is 1.50. The summed E-state index contributed by atoms with van der Waals surface area (Å²) in [6.07, 6.45) is 0.812. The lowest BCUT2D eigenvalue weighted by Gasteiger charge is -2.19. The molecule has 0 aliphatic carbocycles. The maximum atomic E-state index is 10.8. The van der Waals surface area contributed by atoms with Crippen LogP contribution in [0.1, 0.15) is 12.5 Å². The number of hydrogen-bond donors (Lipinski definition) is 1. The van der Waals surface area contributed by atoms with Gasteiger partial charge in [-0.1, -0.05) is 6.07 Å². The van der Waals surface area contributed by atoms with Gasteiger partial charge in [0.1, 0.15) is 6.54 Å². The van der Waals surface area contributed by atoms with Gasteiger partial charge in [0.05, 0.1) is 14.2 Å². The first-order valence-electron chi connectivity index (χ1n) is 6.86. The first kappa shape index (κ1) is 16.4. The van der Waals surface area contributed by atoms with Crippen molar-refractivity contribution >= 4 is 27.9 Å². The lowest BCUT2D eigenvalue weighted by atomic mass is 10.1. The number of ketones is 1. The molecule has 1 fully saturated rings. The third-order valence-corrected chi connectivity index (χ3v) is 3.81. The number of benzene rings is 1. The monoisotopic (exact) mass is 321 g/mol. The van der Waals surface area contributed by atoms with Crippen LogP contribution in [0, 0.1) is 0 Å². The van der Waals surface area contributed by atoms with E-state index in [1.54, 1.807) is 14.2 Å². The second kappa shape index (κ2) is 7.84. The molecule has 2 rings (SSSR count). The number of ether oxygens (including phenoxy) is 2. The normalized spacial score (nSPS) is 17.0. The molecule has 118 valence electrons. The van der Waals surface area contributed by atoms with Gasteiger partial charge in [0.15, 0.2) is 27.6 Å². The molecule has 0 unspecified atom stereocenters. The second-order valence-corrected chi connectivity index (χ2v) is 5.65. The van der Waals surface area contributed by atoms with Crippen LogP contribution in [0.5, 0.6) is 11.5 Å². The van der Waals surface area contributed by atoms with Gasteiger partial charge >= 0.3 is 0 Å². The van der Waals surface area contributed by atoms with Crippen molar-refractivity contribution in [3.63, 3.8) is 0 Å². The van der Waals surface area contributed by atoms with E-state index in [-0.39, 0.29) is 12.3 Å². The summed E-state index contributed by atoms with van der Waals surface area (Å²) in [5.41, 5.74) is 1.14. The average Bonchev–Trinajstić information content (AvgIpc) is 2.48. The number of carbonyl (C=O) groups excluding carboxylic acids is 1. The molecule has 6 nitrogen and oxygen atoms in total. The summed E-state index contributed by atoms with van der Waals surface area (Å²) >= 11 is 1.46. The zero-order chi connectivity index (χ0) is 15.9. The topological polar surface area (TPSA) is 72.3 Å². The van der Waals surface area contributed by atoms with E-state index in [0.29, 0.717) is 6.54 Å². The van der Waals surface area contributed by atoms with E-state index in [1.807, 2.05) is 18.2 Å². The van der Waals surface area contributed by atoms with E-state index >= 15 is 0 Å². The molecule has 0 spiro atoms. The van der Waals surface area contributed by atoms with E-state index in [2.05, 4.69) is 15.3 Å². The fourth-order valence-electron chi connectivity index (χ4n) is 1.84. The van der Waals surface area contributed by atoms with Crippen LogP contribution in [-0.4, -0.2) is 43.4 Å². The Hall–Kier alpha value is -2.02. The van der Waals surface area contributed by atoms with Gasteiger partial charge in [-0.05, 0) is 42.8 Å². The Morgan fingerprint density at radius 1 is 1.18 bits per heavy atom. The number of thioether (sulfide) groups is 1. The number of nitrogens with one attached hydrogen (secondary N) is 1. The SMILES string of the molecule is COc1ccc(CCN=C2NC(=NCC(C)=O)S2)cc1OC. The van der Waals surface area contributed by atoms with Crippen LogP contribution >= 0.6 is 11.8 Å². The number of amidine groups is 2. The number of Topliss-reactive ketones (excluding diaryl/α,β-unsaturated/α-hetero) is 1. The Morgan fingerprint density at radius 3 is 2.50 bits per heavy atom. The highest BCUT2D eigenvalue weighted by Crippen LogP contribution is 2.27. The smallest absolute Gasteiger partial charge is 0.170 e. The van der Waals surface area contributed by atoms with E-state index in [1.165, 1.54) is 18.7 Å². The molecule has 22 heavy (non-hydrogen) atoms. The van der Waals surface area contributed by atoms with Crippen LogP contribution in [0.3, 0.4) is 0 Å². The zero-order valence-corrected chi connectivity index (χ0v) is 13.7. The Kier molecular flexibility index (Phi) is 5.83. The van der Waals surface area contributed by atoms with Crippen molar-refractivity contribution in [2.45, 2.75) is 13.3 Å². The Bertz CT molecular complexity index is 604. The maximum absolute atomic E-state index is 10.8. The molecule has 1 saturated heterocycles. The summed E-state index contributed by atoms with van der Waals surface area (Å²) in [5, 5.41) is 4.61. The van der Waals surface area contributed by atoms with Gasteiger partial charge in [-0.25, -0.2) is 0 Å². The van der Waals surface area contributed by atoms with Gasteiger partial charge in [0.25, 0.3) is 0 Å². The lowest BCUT2D eigenvalue weighted by molar-refractivity contribution is -0.115. The molecule has 0 radical (unpaired) electrons. The Morgan fingerprint density at radius 2 is 1.86 bits per heavy atom. The first-order chi connectivity index (χ1) is 10.6. The molecule has 1 aromatic carbocycles. The van der Waals surface area contributed by atoms with Crippen LogP contribution in [0.2, 0.25) is 0 Å². The fourth-order valence-corrected chi connectivity index (χ4v) is 2.45. The van der Waals surface area contributed by atoms with Gasteiger partial charge < -0.3 is 14.8 Å². The van der Waals surface area contributed by atoms with E-state index in [4.69, 9.17) is 9.47 Å². The third kappa shape index (κ3) is 4.49. The number of rotatable bonds is 7. The standard InChI is InChI=1S/C15H19N3O3S/c1-10(19)9-17-15-18-14(22-15)16-7-6-11-4-5-12(20-2)13(8-11)21-3/h4-5,8H,6-7,9H2,1-3H3,(H,16,17,18). The molecule has 0 atom stereocenters. The molecule has 1 aliphatic heterocycles. The van der Waals surface area contributed by atoms with Gasteiger partial charge in [0.2, 0.25) is 0 Å². The zero-order valence-electron chi connectivity index (χ0n) is 12.9. The molecule has 0 amide bonds. The van der Waals surface area contributed by atoms with Gasteiger partial charge in [-0.3, -0.25) is 14.8 Å². The van der Waals surface area contributed by atoms with Crippen molar-refractivity contribution in [2.24, 2.45) is 9.98 Å². The molecular weight excluding hydrogens is 302 g/mol. The van der Waals surface area contributed by atoms with Crippen molar-refractivity contribution in [1.29, 1.82) is 0 Å². The number of nitrogens with zero attached hydrogens (tertiary/aromatic N) is 2. The quantitative estimate of drug-likeness (QED) is 0.830. The minimum Gasteiger partial charge on any atom is -0.493 e. The Balaban J connectivity index is 1.81. The van der Waals surface area contributed by atoms with Crippen molar-refractivity contribution in [1.82, 2.24) is 5.32 Å². The molecule has 0 aromatic heterocycles. The molecule has 1 heterocycles. The van der Waals surface area contributed by atoms with Gasteiger partial charge in [-0.15, -0.1) is 0 Å². The molecule has 7 heteroatoms. The summed E-state index contributed by atoms with van der Waals surface area (Å²) in [7, 11) is 3.24. The highest BCUT2D eigenvalue weighted by atomic mass is 32.2. The van der Waals surface area contributed by atoms with Crippen molar-refractivity contribution in [2.75, 3.05) is 27.3 Å². The molecule has 1 N–H and O–H groups in total. The predicted molar refractivity (Wildman–Crippen MR) is 89.3 cm³/mol. The van der Waals surface area contributed by atoms with Gasteiger partial charge in [-0.2, -0.15) is 0 Å². The molecule has 0 bridgehead atoms. The van der Waals surface area contributed by atoms with Crippen molar-refractivity contribution in [3.8, 4) is 11.5 Å². The van der Waals surface area contributed by atoms with Crippen molar-refractivity contribution < 1.29 is 14.3 Å². The van der Waals surface area contributed by atoms with Crippen LogP contribution in [0.15, 0.2) is 28.2 Å². The average molecular weight is 321 g/mol. The second-order valence-electron chi connectivity index (χ2n) is 4.68. The third-order valence-electron chi connectivity index (χ3n) is 2.96. The minimum atomic E-state index is 0.0498. The van der Waals surface area contributed by atoms with E-state index < -0.39 is 0 Å². The number of methoxy groups -OCH3 is 2.